The molecule has 0 unspecified atom stereocenters. The molecule has 0 amide bonds. The predicted molar refractivity (Wildman–Crippen MR) is 41.3 cm³/mol. The van der Waals surface area contributed by atoms with Gasteiger partial charge in [-0.25, -0.2) is 0 Å². The van der Waals surface area contributed by atoms with Crippen molar-refractivity contribution in [2.75, 3.05) is 0 Å². The molecule has 0 aliphatic heterocycles. The molecule has 0 saturated carbocycles. The minimum Gasteiger partial charge on any atom is -0.287 e. The minimum atomic E-state index is -0.0830. The predicted octanol–water partition coefficient (Wildman–Crippen LogP) is 1.64. The van der Waals surface area contributed by atoms with Gasteiger partial charge in [-0.2, -0.15) is 0 Å². The lowest BCUT2D eigenvalue weighted by molar-refractivity contribution is -0.110. The molecule has 0 atom stereocenters. The quantitative estimate of drug-likeness (QED) is 0.458. The third-order valence-corrected chi connectivity index (χ3v) is 0.989. The van der Waals surface area contributed by atoms with Crippen LogP contribution in [0.25, 0.3) is 0 Å². The highest BCUT2D eigenvalue weighted by molar-refractivity contribution is 7.96. The normalized spacial score (nSPS) is 7.78. The topological polar surface area (TPSA) is 17.1 Å². The summed E-state index contributed by atoms with van der Waals surface area (Å²) in [6, 6.07) is 0. The summed E-state index contributed by atoms with van der Waals surface area (Å²) in [5.41, 5.74) is 0. The molecule has 9 heavy (non-hydrogen) atoms. The van der Waals surface area contributed by atoms with Crippen LogP contribution in [0.2, 0.25) is 0 Å². The van der Waals surface area contributed by atoms with Crippen molar-refractivity contribution in [1.29, 1.82) is 0 Å². The number of carbonyl (C=O) groups is 1. The first-order valence-corrected chi connectivity index (χ1v) is 3.39. The summed E-state index contributed by atoms with van der Waals surface area (Å²) in [5, 5.41) is -0.0830. The smallest absolute Gasteiger partial charge is 0.186 e. The summed E-state index contributed by atoms with van der Waals surface area (Å²) in [4.78, 5) is 10.2. The molecule has 0 aliphatic rings. The van der Waals surface area contributed by atoms with Gasteiger partial charge in [0.15, 0.2) is 5.12 Å². The van der Waals surface area contributed by atoms with Gasteiger partial charge in [0, 0.05) is 19.3 Å². The molecule has 0 spiro atoms. The Hall–Kier alpha value is -0.420. The summed E-state index contributed by atoms with van der Waals surface area (Å²) in [6.45, 7) is 1.98. The van der Waals surface area contributed by atoms with Crippen LogP contribution < -0.4 is 0 Å². The van der Waals surface area contributed by atoms with Crippen molar-refractivity contribution < 1.29 is 4.79 Å². The monoisotopic (exact) mass is 142 g/mol. The second-order valence-electron chi connectivity index (χ2n) is 1.60. The second kappa shape index (κ2) is 5.71. The standard InChI is InChI=1S/C7H10OS/c1-2-3-4-5-6-7(8)9/h2,5-6H2,1H3,(H,8,9). The number of carbonyl (C=O) groups excluding carboxylic acids is 1. The van der Waals surface area contributed by atoms with E-state index in [1.807, 2.05) is 6.92 Å². The Labute approximate surface area is 61.2 Å². The van der Waals surface area contributed by atoms with Crippen LogP contribution in [0, 0.1) is 11.8 Å². The van der Waals surface area contributed by atoms with Crippen LogP contribution in [0.15, 0.2) is 0 Å². The number of thiol groups is 1. The summed E-state index contributed by atoms with van der Waals surface area (Å²) in [6.07, 6.45) is 1.98. The first-order valence-electron chi connectivity index (χ1n) is 2.95. The lowest BCUT2D eigenvalue weighted by atomic mass is 10.3. The van der Waals surface area contributed by atoms with Crippen molar-refractivity contribution in [3.8, 4) is 11.8 Å². The Morgan fingerprint density at radius 3 is 2.67 bits per heavy atom. The maximum atomic E-state index is 10.2. The van der Waals surface area contributed by atoms with Crippen molar-refractivity contribution in [3.63, 3.8) is 0 Å². The molecule has 0 radical (unpaired) electrons. The maximum Gasteiger partial charge on any atom is 0.186 e. The zero-order valence-electron chi connectivity index (χ0n) is 5.48. The van der Waals surface area contributed by atoms with Crippen molar-refractivity contribution in [2.24, 2.45) is 0 Å². The molecule has 0 bridgehead atoms. The summed E-state index contributed by atoms with van der Waals surface area (Å²) < 4.78 is 0. The molecule has 0 saturated heterocycles. The van der Waals surface area contributed by atoms with E-state index in [9.17, 15) is 4.79 Å². The van der Waals surface area contributed by atoms with Gasteiger partial charge in [-0.05, 0) is 0 Å². The van der Waals surface area contributed by atoms with Gasteiger partial charge in [0.25, 0.3) is 0 Å². The SMILES string of the molecule is CCC#CCCC(=O)S. The lowest BCUT2D eigenvalue weighted by Gasteiger charge is -1.81. The zero-order valence-corrected chi connectivity index (χ0v) is 6.37. The molecule has 0 rings (SSSR count). The maximum absolute atomic E-state index is 10.2. The van der Waals surface area contributed by atoms with Crippen LogP contribution in [-0.4, -0.2) is 5.12 Å². The Morgan fingerprint density at radius 2 is 2.22 bits per heavy atom. The number of hydrogen-bond donors (Lipinski definition) is 1. The van der Waals surface area contributed by atoms with Gasteiger partial charge >= 0.3 is 0 Å². The molecule has 0 N–H and O–H groups in total. The van der Waals surface area contributed by atoms with E-state index in [1.165, 1.54) is 0 Å². The van der Waals surface area contributed by atoms with Gasteiger partial charge in [-0.1, -0.05) is 6.92 Å². The first-order chi connectivity index (χ1) is 4.27. The average molecular weight is 142 g/mol. The average Bonchev–Trinajstić information content (AvgIpc) is 1.80. The molecule has 1 nitrogen and oxygen atoms in total. The van der Waals surface area contributed by atoms with Gasteiger partial charge in [0.1, 0.15) is 0 Å². The van der Waals surface area contributed by atoms with Crippen LogP contribution in [0.1, 0.15) is 26.2 Å². The highest BCUT2D eigenvalue weighted by Crippen LogP contribution is 1.91. The molecule has 0 heterocycles. The Balaban J connectivity index is 3.19. The molecule has 2 heteroatoms. The highest BCUT2D eigenvalue weighted by atomic mass is 32.1. The van der Waals surface area contributed by atoms with E-state index >= 15 is 0 Å². The van der Waals surface area contributed by atoms with E-state index in [2.05, 4.69) is 24.5 Å². The molecule has 50 valence electrons. The van der Waals surface area contributed by atoms with Gasteiger partial charge in [-0.3, -0.25) is 4.79 Å². The van der Waals surface area contributed by atoms with Crippen molar-refractivity contribution in [3.05, 3.63) is 0 Å². The Kier molecular flexibility index (Phi) is 5.45. The fourth-order valence-electron chi connectivity index (χ4n) is 0.383. The van der Waals surface area contributed by atoms with Crippen molar-refractivity contribution in [2.45, 2.75) is 26.2 Å². The summed E-state index contributed by atoms with van der Waals surface area (Å²) in [7, 11) is 0. The zero-order chi connectivity index (χ0) is 7.11. The second-order valence-corrected chi connectivity index (χ2v) is 2.10. The van der Waals surface area contributed by atoms with Crippen LogP contribution in [0.4, 0.5) is 0 Å². The van der Waals surface area contributed by atoms with E-state index in [0.717, 1.165) is 6.42 Å². The lowest BCUT2D eigenvalue weighted by Crippen LogP contribution is -1.82. The van der Waals surface area contributed by atoms with Crippen LogP contribution in [0.5, 0.6) is 0 Å². The molecule has 0 fully saturated rings. The number of hydrogen-bond acceptors (Lipinski definition) is 1. The van der Waals surface area contributed by atoms with E-state index in [1.54, 1.807) is 0 Å². The Bertz CT molecular complexity index is 141. The van der Waals surface area contributed by atoms with E-state index in [4.69, 9.17) is 0 Å². The Morgan fingerprint density at radius 1 is 1.56 bits per heavy atom. The van der Waals surface area contributed by atoms with E-state index in [-0.39, 0.29) is 5.12 Å². The third-order valence-electron chi connectivity index (χ3n) is 0.766. The molecule has 0 aromatic rings. The fourth-order valence-corrected chi connectivity index (χ4v) is 0.495. The van der Waals surface area contributed by atoms with Gasteiger partial charge in [-0.15, -0.1) is 24.5 Å². The van der Waals surface area contributed by atoms with Gasteiger partial charge in [0.2, 0.25) is 0 Å². The first kappa shape index (κ1) is 8.58. The minimum absolute atomic E-state index is 0.0830. The molecule has 0 aromatic carbocycles. The largest absolute Gasteiger partial charge is 0.287 e. The van der Waals surface area contributed by atoms with Crippen molar-refractivity contribution >= 4 is 17.7 Å². The van der Waals surface area contributed by atoms with Gasteiger partial charge in [0.05, 0.1) is 0 Å². The molecule has 0 aliphatic carbocycles. The van der Waals surface area contributed by atoms with Crippen LogP contribution >= 0.6 is 12.6 Å². The molecule has 0 aromatic heterocycles. The van der Waals surface area contributed by atoms with Gasteiger partial charge < -0.3 is 0 Å². The fraction of sp³-hybridized carbons (Fsp3) is 0.571. The van der Waals surface area contributed by atoms with Crippen LogP contribution in [-0.2, 0) is 4.79 Å². The van der Waals surface area contributed by atoms with E-state index < -0.39 is 0 Å². The highest BCUT2D eigenvalue weighted by Gasteiger charge is 1.87. The summed E-state index contributed by atoms with van der Waals surface area (Å²) in [5.74, 6) is 5.71. The molecular formula is C7H10OS. The van der Waals surface area contributed by atoms with E-state index in [0.29, 0.717) is 12.8 Å². The van der Waals surface area contributed by atoms with Crippen molar-refractivity contribution in [1.82, 2.24) is 0 Å². The number of rotatable bonds is 2. The van der Waals surface area contributed by atoms with Crippen LogP contribution in [0.3, 0.4) is 0 Å². The molecular weight excluding hydrogens is 132 g/mol. The third kappa shape index (κ3) is 7.58. The summed E-state index contributed by atoms with van der Waals surface area (Å²) >= 11 is 3.59.